The van der Waals surface area contributed by atoms with Gasteiger partial charge in [-0.15, -0.1) is 11.3 Å². The predicted molar refractivity (Wildman–Crippen MR) is 72.5 cm³/mol. The van der Waals surface area contributed by atoms with Crippen molar-refractivity contribution in [3.8, 4) is 0 Å². The maximum absolute atomic E-state index is 11.9. The molecule has 0 radical (unpaired) electrons. The van der Waals surface area contributed by atoms with Crippen molar-refractivity contribution in [1.82, 2.24) is 5.32 Å². The zero-order valence-corrected chi connectivity index (χ0v) is 12.2. The highest BCUT2D eigenvalue weighted by Crippen LogP contribution is 2.29. The first-order valence-corrected chi connectivity index (χ1v) is 7.38. The van der Waals surface area contributed by atoms with E-state index >= 15 is 0 Å². The standard InChI is InChI=1S/C12H16BrNO2S/c1-8-6-9(17-10(8)13)11(15)14-7-12(16)4-2-3-5-12/h6,16H,2-5,7H2,1H3,(H,14,15). The van der Waals surface area contributed by atoms with Crippen LogP contribution >= 0.6 is 27.3 Å². The second-order valence-electron chi connectivity index (χ2n) is 4.68. The van der Waals surface area contributed by atoms with Crippen LogP contribution in [0.2, 0.25) is 0 Å². The number of hydrogen-bond acceptors (Lipinski definition) is 3. The Morgan fingerprint density at radius 1 is 1.59 bits per heavy atom. The summed E-state index contributed by atoms with van der Waals surface area (Å²) in [6.07, 6.45) is 3.69. The van der Waals surface area contributed by atoms with Gasteiger partial charge in [-0.1, -0.05) is 12.8 Å². The smallest absolute Gasteiger partial charge is 0.261 e. The minimum atomic E-state index is -0.681. The Hall–Kier alpha value is -0.390. The van der Waals surface area contributed by atoms with Gasteiger partial charge >= 0.3 is 0 Å². The number of carbonyl (C=O) groups is 1. The summed E-state index contributed by atoms with van der Waals surface area (Å²) >= 11 is 4.83. The minimum Gasteiger partial charge on any atom is -0.388 e. The maximum Gasteiger partial charge on any atom is 0.261 e. The number of halogens is 1. The Morgan fingerprint density at radius 3 is 2.76 bits per heavy atom. The SMILES string of the molecule is Cc1cc(C(=O)NCC2(O)CCCC2)sc1Br. The first kappa shape index (κ1) is 13.1. The highest BCUT2D eigenvalue weighted by molar-refractivity contribution is 9.11. The molecule has 0 bridgehead atoms. The third-order valence-electron chi connectivity index (χ3n) is 3.19. The molecular formula is C12H16BrNO2S. The Labute approximate surface area is 113 Å². The van der Waals surface area contributed by atoms with Gasteiger partial charge in [-0.25, -0.2) is 0 Å². The molecule has 1 aliphatic carbocycles. The third-order valence-corrected chi connectivity index (χ3v) is 5.33. The maximum atomic E-state index is 11.9. The summed E-state index contributed by atoms with van der Waals surface area (Å²) in [6.45, 7) is 2.32. The highest BCUT2D eigenvalue weighted by atomic mass is 79.9. The normalized spacial score (nSPS) is 18.3. The molecule has 0 saturated heterocycles. The lowest BCUT2D eigenvalue weighted by molar-refractivity contribution is 0.0450. The molecule has 3 nitrogen and oxygen atoms in total. The molecule has 0 atom stereocenters. The quantitative estimate of drug-likeness (QED) is 0.900. The van der Waals surface area contributed by atoms with Crippen LogP contribution in [0.15, 0.2) is 9.85 Å². The summed E-state index contributed by atoms with van der Waals surface area (Å²) in [5, 5.41) is 12.9. The van der Waals surface area contributed by atoms with Gasteiger partial charge in [0.1, 0.15) is 0 Å². The van der Waals surface area contributed by atoms with E-state index in [0.29, 0.717) is 11.4 Å². The molecule has 1 heterocycles. The van der Waals surface area contributed by atoms with E-state index in [1.54, 1.807) is 0 Å². The monoisotopic (exact) mass is 317 g/mol. The Morgan fingerprint density at radius 2 is 2.24 bits per heavy atom. The topological polar surface area (TPSA) is 49.3 Å². The predicted octanol–water partition coefficient (Wildman–Crippen LogP) is 2.85. The zero-order chi connectivity index (χ0) is 12.5. The number of rotatable bonds is 3. The second kappa shape index (κ2) is 5.08. The molecule has 2 rings (SSSR count). The van der Waals surface area contributed by atoms with Crippen molar-refractivity contribution in [1.29, 1.82) is 0 Å². The fraction of sp³-hybridized carbons (Fsp3) is 0.583. The molecule has 2 N–H and O–H groups in total. The van der Waals surface area contributed by atoms with E-state index in [2.05, 4.69) is 21.2 Å². The van der Waals surface area contributed by atoms with E-state index in [9.17, 15) is 9.90 Å². The molecule has 0 unspecified atom stereocenters. The largest absolute Gasteiger partial charge is 0.388 e. The van der Waals surface area contributed by atoms with E-state index < -0.39 is 5.60 Å². The molecule has 0 spiro atoms. The summed E-state index contributed by atoms with van der Waals surface area (Å²) < 4.78 is 0.988. The summed E-state index contributed by atoms with van der Waals surface area (Å²) in [4.78, 5) is 12.6. The van der Waals surface area contributed by atoms with Crippen molar-refractivity contribution in [2.24, 2.45) is 0 Å². The van der Waals surface area contributed by atoms with Gasteiger partial charge in [0.05, 0.1) is 14.3 Å². The van der Waals surface area contributed by atoms with Crippen molar-refractivity contribution in [2.75, 3.05) is 6.54 Å². The van der Waals surface area contributed by atoms with E-state index in [1.165, 1.54) is 11.3 Å². The van der Waals surface area contributed by atoms with E-state index in [-0.39, 0.29) is 5.91 Å². The van der Waals surface area contributed by atoms with Gasteiger partial charge in [0.25, 0.3) is 5.91 Å². The first-order valence-electron chi connectivity index (χ1n) is 5.77. The van der Waals surface area contributed by atoms with E-state index in [0.717, 1.165) is 35.0 Å². The minimum absolute atomic E-state index is 0.0934. The molecule has 5 heteroatoms. The third kappa shape index (κ3) is 3.09. The molecule has 0 aromatic carbocycles. The van der Waals surface area contributed by atoms with Crippen LogP contribution in [-0.2, 0) is 0 Å². The number of aliphatic hydroxyl groups is 1. The van der Waals surface area contributed by atoms with Crippen LogP contribution in [0.3, 0.4) is 0 Å². The second-order valence-corrected chi connectivity index (χ2v) is 7.05. The van der Waals surface area contributed by atoms with Crippen molar-refractivity contribution < 1.29 is 9.90 Å². The van der Waals surface area contributed by atoms with Gasteiger partial charge < -0.3 is 10.4 Å². The summed E-state index contributed by atoms with van der Waals surface area (Å²) in [6, 6.07) is 1.86. The van der Waals surface area contributed by atoms with Gasteiger partial charge in [0.2, 0.25) is 0 Å². The van der Waals surface area contributed by atoms with Crippen LogP contribution in [0.25, 0.3) is 0 Å². The number of amides is 1. The van der Waals surface area contributed by atoms with E-state index in [1.807, 2.05) is 13.0 Å². The zero-order valence-electron chi connectivity index (χ0n) is 9.75. The first-order chi connectivity index (χ1) is 8.00. The van der Waals surface area contributed by atoms with E-state index in [4.69, 9.17) is 0 Å². The Balaban J connectivity index is 1.93. The summed E-state index contributed by atoms with van der Waals surface area (Å²) in [5.74, 6) is -0.0934. The van der Waals surface area contributed by atoms with Crippen LogP contribution in [0.5, 0.6) is 0 Å². The van der Waals surface area contributed by atoms with Crippen LogP contribution in [0.4, 0.5) is 0 Å². The average Bonchev–Trinajstić information content (AvgIpc) is 2.85. The molecule has 1 aliphatic rings. The number of nitrogens with one attached hydrogen (secondary N) is 1. The molecule has 94 valence electrons. The van der Waals surface area contributed by atoms with Crippen molar-refractivity contribution in [3.05, 3.63) is 20.3 Å². The molecule has 1 aromatic heterocycles. The molecule has 1 saturated carbocycles. The number of aryl methyl sites for hydroxylation is 1. The lowest BCUT2D eigenvalue weighted by Crippen LogP contribution is -2.40. The fourth-order valence-corrected chi connectivity index (χ4v) is 3.56. The van der Waals surface area contributed by atoms with Crippen LogP contribution in [0.1, 0.15) is 40.9 Å². The molecule has 1 fully saturated rings. The van der Waals surface area contributed by atoms with Gasteiger partial charge in [0, 0.05) is 6.54 Å². The molecule has 1 aromatic rings. The molecular weight excluding hydrogens is 302 g/mol. The lowest BCUT2D eigenvalue weighted by Gasteiger charge is -2.21. The Kier molecular flexibility index (Phi) is 3.90. The van der Waals surface area contributed by atoms with Gasteiger partial charge in [-0.3, -0.25) is 4.79 Å². The van der Waals surface area contributed by atoms with Crippen LogP contribution in [-0.4, -0.2) is 23.2 Å². The molecule has 17 heavy (non-hydrogen) atoms. The number of carbonyl (C=O) groups excluding carboxylic acids is 1. The van der Waals surface area contributed by atoms with Crippen molar-refractivity contribution >= 4 is 33.2 Å². The van der Waals surface area contributed by atoms with Gasteiger partial charge in [-0.05, 0) is 47.3 Å². The highest BCUT2D eigenvalue weighted by Gasteiger charge is 2.31. The van der Waals surface area contributed by atoms with Crippen molar-refractivity contribution in [3.63, 3.8) is 0 Å². The number of thiophene rings is 1. The molecule has 1 amide bonds. The lowest BCUT2D eigenvalue weighted by atomic mass is 10.0. The van der Waals surface area contributed by atoms with Gasteiger partial charge in [0.15, 0.2) is 0 Å². The summed E-state index contributed by atoms with van der Waals surface area (Å²) in [7, 11) is 0. The van der Waals surface area contributed by atoms with Crippen LogP contribution in [0, 0.1) is 6.92 Å². The fourth-order valence-electron chi connectivity index (χ4n) is 2.11. The molecule has 0 aliphatic heterocycles. The van der Waals surface area contributed by atoms with Crippen LogP contribution < -0.4 is 5.32 Å². The van der Waals surface area contributed by atoms with Crippen molar-refractivity contribution in [2.45, 2.75) is 38.2 Å². The Bertz CT molecular complexity index is 405. The number of hydrogen-bond donors (Lipinski definition) is 2. The average molecular weight is 318 g/mol. The summed E-state index contributed by atoms with van der Waals surface area (Å²) in [5.41, 5.74) is 0.388. The van der Waals surface area contributed by atoms with Gasteiger partial charge in [-0.2, -0.15) is 0 Å².